The number of nitrogens with zero attached hydrogens (tertiary/aromatic N) is 4. The molecule has 1 unspecified atom stereocenters. The Bertz CT molecular complexity index is 697. The second-order valence-corrected chi connectivity index (χ2v) is 5.16. The van der Waals surface area contributed by atoms with Gasteiger partial charge < -0.3 is 13.8 Å². The zero-order valence-corrected chi connectivity index (χ0v) is 12.0. The Morgan fingerprint density at radius 3 is 2.86 bits per heavy atom. The highest BCUT2D eigenvalue weighted by atomic mass is 19.3. The molecule has 0 radical (unpaired) electrons. The number of alkyl halides is 2. The zero-order chi connectivity index (χ0) is 15.9. The SMILES string of the molecule is CCc1noc(C2CC(F)(F)CN2C(=O)c2coc(C)n2)n1. The van der Waals surface area contributed by atoms with Crippen molar-refractivity contribution in [2.75, 3.05) is 6.54 Å². The van der Waals surface area contributed by atoms with Crippen LogP contribution in [0.3, 0.4) is 0 Å². The summed E-state index contributed by atoms with van der Waals surface area (Å²) >= 11 is 0. The molecule has 118 valence electrons. The lowest BCUT2D eigenvalue weighted by Gasteiger charge is -2.19. The summed E-state index contributed by atoms with van der Waals surface area (Å²) in [5, 5.41) is 3.69. The maximum atomic E-state index is 13.8. The molecule has 7 nitrogen and oxygen atoms in total. The summed E-state index contributed by atoms with van der Waals surface area (Å²) in [5.74, 6) is -2.94. The van der Waals surface area contributed by atoms with Crippen LogP contribution in [0.15, 0.2) is 15.2 Å². The Morgan fingerprint density at radius 2 is 2.27 bits per heavy atom. The Kier molecular flexibility index (Phi) is 3.42. The lowest BCUT2D eigenvalue weighted by Crippen LogP contribution is -2.33. The number of likely N-dealkylation sites (tertiary alicyclic amines) is 1. The summed E-state index contributed by atoms with van der Waals surface area (Å²) < 4.78 is 37.5. The monoisotopic (exact) mass is 312 g/mol. The van der Waals surface area contributed by atoms with Gasteiger partial charge in [-0.15, -0.1) is 0 Å². The summed E-state index contributed by atoms with van der Waals surface area (Å²) in [7, 11) is 0. The number of amides is 1. The molecule has 0 aliphatic carbocycles. The van der Waals surface area contributed by atoms with Crippen LogP contribution in [0.1, 0.15) is 47.5 Å². The van der Waals surface area contributed by atoms with Gasteiger partial charge in [0, 0.05) is 19.8 Å². The van der Waals surface area contributed by atoms with Crippen LogP contribution in [0.25, 0.3) is 0 Å². The van der Waals surface area contributed by atoms with Crippen molar-refractivity contribution in [1.29, 1.82) is 0 Å². The molecule has 3 heterocycles. The highest BCUT2D eigenvalue weighted by Crippen LogP contribution is 2.41. The predicted octanol–water partition coefficient (Wildman–Crippen LogP) is 2.15. The zero-order valence-electron chi connectivity index (χ0n) is 12.0. The van der Waals surface area contributed by atoms with Gasteiger partial charge in [-0.3, -0.25) is 4.79 Å². The smallest absolute Gasteiger partial charge is 0.276 e. The van der Waals surface area contributed by atoms with Crippen LogP contribution < -0.4 is 0 Å². The molecule has 3 rings (SSSR count). The Labute approximate surface area is 124 Å². The largest absolute Gasteiger partial charge is 0.448 e. The van der Waals surface area contributed by atoms with Gasteiger partial charge in [-0.25, -0.2) is 13.8 Å². The first-order valence-corrected chi connectivity index (χ1v) is 6.83. The van der Waals surface area contributed by atoms with Gasteiger partial charge in [0.1, 0.15) is 12.3 Å². The molecule has 0 N–H and O–H groups in total. The quantitative estimate of drug-likeness (QED) is 0.863. The van der Waals surface area contributed by atoms with Gasteiger partial charge >= 0.3 is 0 Å². The summed E-state index contributed by atoms with van der Waals surface area (Å²) in [6.45, 7) is 2.67. The van der Waals surface area contributed by atoms with Gasteiger partial charge in [0.2, 0.25) is 5.89 Å². The number of hydrogen-bond donors (Lipinski definition) is 0. The standard InChI is InChI=1S/C13H14F2N4O3/c1-3-10-17-11(22-18-10)9-4-13(14,15)6-19(9)12(20)8-5-21-7(2)16-8/h5,9H,3-4,6H2,1-2H3. The van der Waals surface area contributed by atoms with Crippen molar-refractivity contribution in [3.05, 3.63) is 29.6 Å². The van der Waals surface area contributed by atoms with Crippen LogP contribution in [0.5, 0.6) is 0 Å². The van der Waals surface area contributed by atoms with Gasteiger partial charge in [0.05, 0.1) is 6.54 Å². The lowest BCUT2D eigenvalue weighted by molar-refractivity contribution is 0.0116. The molecule has 1 aliphatic heterocycles. The topological polar surface area (TPSA) is 85.3 Å². The summed E-state index contributed by atoms with van der Waals surface area (Å²) in [5.41, 5.74) is -0.0181. The normalized spacial score (nSPS) is 20.5. The van der Waals surface area contributed by atoms with E-state index in [9.17, 15) is 13.6 Å². The molecule has 1 fully saturated rings. The van der Waals surface area contributed by atoms with Gasteiger partial charge in [0.25, 0.3) is 11.8 Å². The summed E-state index contributed by atoms with van der Waals surface area (Å²) in [4.78, 5) is 21.3. The molecule has 1 amide bonds. The fraction of sp³-hybridized carbons (Fsp3) is 0.538. The molecule has 0 spiro atoms. The highest BCUT2D eigenvalue weighted by molar-refractivity contribution is 5.92. The molecule has 2 aromatic heterocycles. The maximum Gasteiger partial charge on any atom is 0.276 e. The van der Waals surface area contributed by atoms with E-state index in [1.165, 1.54) is 0 Å². The summed E-state index contributed by atoms with van der Waals surface area (Å²) in [6, 6.07) is -0.965. The van der Waals surface area contributed by atoms with Crippen LogP contribution in [-0.4, -0.2) is 38.4 Å². The summed E-state index contributed by atoms with van der Waals surface area (Å²) in [6.07, 6.45) is 1.11. The Balaban J connectivity index is 1.91. The Hall–Kier alpha value is -2.32. The van der Waals surface area contributed by atoms with Crippen LogP contribution in [0.2, 0.25) is 0 Å². The molecule has 2 aromatic rings. The van der Waals surface area contributed by atoms with E-state index in [0.29, 0.717) is 12.2 Å². The molecule has 1 atom stereocenters. The predicted molar refractivity (Wildman–Crippen MR) is 68.3 cm³/mol. The van der Waals surface area contributed by atoms with E-state index in [1.54, 1.807) is 6.92 Å². The lowest BCUT2D eigenvalue weighted by atomic mass is 10.2. The van der Waals surface area contributed by atoms with Crippen molar-refractivity contribution in [1.82, 2.24) is 20.0 Å². The van der Waals surface area contributed by atoms with Crippen molar-refractivity contribution in [3.8, 4) is 0 Å². The van der Waals surface area contributed by atoms with Crippen molar-refractivity contribution < 1.29 is 22.5 Å². The third-order valence-electron chi connectivity index (χ3n) is 3.45. The van der Waals surface area contributed by atoms with Gasteiger partial charge in [0.15, 0.2) is 17.4 Å². The third-order valence-corrected chi connectivity index (χ3v) is 3.45. The molecule has 1 aliphatic rings. The minimum atomic E-state index is -3.01. The van der Waals surface area contributed by atoms with Crippen molar-refractivity contribution in [2.24, 2.45) is 0 Å². The van der Waals surface area contributed by atoms with Crippen LogP contribution in [0.4, 0.5) is 8.78 Å². The van der Waals surface area contributed by atoms with Gasteiger partial charge in [-0.05, 0) is 0 Å². The number of carbonyl (C=O) groups excluding carboxylic acids is 1. The van der Waals surface area contributed by atoms with E-state index in [4.69, 9.17) is 8.94 Å². The molecule has 0 bridgehead atoms. The van der Waals surface area contributed by atoms with E-state index in [2.05, 4.69) is 15.1 Å². The van der Waals surface area contributed by atoms with E-state index < -0.39 is 30.8 Å². The Morgan fingerprint density at radius 1 is 1.50 bits per heavy atom. The molecule has 22 heavy (non-hydrogen) atoms. The van der Waals surface area contributed by atoms with E-state index in [0.717, 1.165) is 11.2 Å². The number of rotatable bonds is 3. The fourth-order valence-electron chi connectivity index (χ4n) is 2.41. The fourth-order valence-corrected chi connectivity index (χ4v) is 2.41. The minimum absolute atomic E-state index is 0.0163. The maximum absolute atomic E-state index is 13.8. The number of aryl methyl sites for hydroxylation is 2. The van der Waals surface area contributed by atoms with E-state index in [1.807, 2.05) is 6.92 Å². The second kappa shape index (κ2) is 5.15. The first-order valence-electron chi connectivity index (χ1n) is 6.83. The molecular formula is C13H14F2N4O3. The van der Waals surface area contributed by atoms with Crippen LogP contribution in [-0.2, 0) is 6.42 Å². The number of carbonyl (C=O) groups is 1. The first-order chi connectivity index (χ1) is 10.4. The average molecular weight is 312 g/mol. The van der Waals surface area contributed by atoms with E-state index >= 15 is 0 Å². The van der Waals surface area contributed by atoms with Crippen molar-refractivity contribution in [3.63, 3.8) is 0 Å². The van der Waals surface area contributed by atoms with Crippen LogP contribution in [0, 0.1) is 6.92 Å². The number of halogens is 2. The first kappa shape index (κ1) is 14.6. The number of aromatic nitrogens is 3. The third kappa shape index (κ3) is 2.58. The second-order valence-electron chi connectivity index (χ2n) is 5.16. The molecule has 9 heteroatoms. The number of hydrogen-bond acceptors (Lipinski definition) is 6. The molecule has 0 saturated carbocycles. The van der Waals surface area contributed by atoms with Gasteiger partial charge in [-0.1, -0.05) is 12.1 Å². The van der Waals surface area contributed by atoms with Crippen molar-refractivity contribution in [2.45, 2.75) is 38.7 Å². The minimum Gasteiger partial charge on any atom is -0.448 e. The average Bonchev–Trinajstić information content (AvgIpc) is 3.15. The highest BCUT2D eigenvalue weighted by Gasteiger charge is 2.50. The van der Waals surface area contributed by atoms with Crippen molar-refractivity contribution >= 4 is 5.91 Å². The molecule has 0 aromatic carbocycles. The van der Waals surface area contributed by atoms with E-state index in [-0.39, 0.29) is 17.5 Å². The van der Waals surface area contributed by atoms with Gasteiger partial charge in [-0.2, -0.15) is 4.98 Å². The van der Waals surface area contributed by atoms with Crippen LogP contribution >= 0.6 is 0 Å². The molecule has 1 saturated heterocycles. The number of oxazole rings is 1. The molecular weight excluding hydrogens is 298 g/mol.